The van der Waals surface area contributed by atoms with Gasteiger partial charge in [0.25, 0.3) is 5.91 Å². The van der Waals surface area contributed by atoms with E-state index in [4.69, 9.17) is 4.74 Å². The van der Waals surface area contributed by atoms with Crippen LogP contribution >= 0.6 is 11.3 Å². The fourth-order valence-electron chi connectivity index (χ4n) is 2.24. The van der Waals surface area contributed by atoms with Gasteiger partial charge in [0.15, 0.2) is 0 Å². The molecule has 3 rings (SSSR count). The van der Waals surface area contributed by atoms with E-state index in [0.29, 0.717) is 17.0 Å². The Bertz CT molecular complexity index is 911. The summed E-state index contributed by atoms with van der Waals surface area (Å²) in [5.41, 5.74) is 1.96. The number of hydrogen-bond acceptors (Lipinski definition) is 4. The van der Waals surface area contributed by atoms with Gasteiger partial charge < -0.3 is 14.6 Å². The van der Waals surface area contributed by atoms with E-state index >= 15 is 0 Å². The maximum atomic E-state index is 12.3. The normalized spacial score (nSPS) is 10.6. The zero-order chi connectivity index (χ0) is 15.7. The van der Waals surface area contributed by atoms with Gasteiger partial charge in [0, 0.05) is 12.7 Å². The molecule has 0 saturated carbocycles. The Labute approximate surface area is 130 Å². The predicted molar refractivity (Wildman–Crippen MR) is 88.0 cm³/mol. The first-order valence-electron chi connectivity index (χ1n) is 6.64. The van der Waals surface area contributed by atoms with E-state index in [1.807, 2.05) is 12.1 Å². The zero-order valence-electron chi connectivity index (χ0n) is 12.1. The van der Waals surface area contributed by atoms with Crippen molar-refractivity contribution in [3.8, 4) is 5.75 Å². The Kier molecular flexibility index (Phi) is 3.68. The first-order chi connectivity index (χ1) is 10.6. The second-order valence-corrected chi connectivity index (χ2v) is 5.76. The molecule has 0 saturated heterocycles. The average Bonchev–Trinajstić information content (AvgIpc) is 2.81. The van der Waals surface area contributed by atoms with E-state index in [2.05, 4.69) is 5.32 Å². The molecule has 0 aliphatic heterocycles. The van der Waals surface area contributed by atoms with Gasteiger partial charge in [-0.15, -0.1) is 0 Å². The van der Waals surface area contributed by atoms with Gasteiger partial charge in [-0.3, -0.25) is 9.59 Å². The molecular formula is C16H14N2O3S. The third-order valence-corrected chi connectivity index (χ3v) is 4.40. The Balaban J connectivity index is 1.92. The van der Waals surface area contributed by atoms with Crippen molar-refractivity contribution in [3.63, 3.8) is 0 Å². The number of carbonyl (C=O) groups excluding carboxylic acids is 1. The number of methoxy groups -OCH3 is 1. The number of rotatable bonds is 3. The van der Waals surface area contributed by atoms with E-state index in [0.717, 1.165) is 21.6 Å². The number of thiazole rings is 1. The summed E-state index contributed by atoms with van der Waals surface area (Å²) in [6, 6.07) is 12.4. The number of amides is 1. The topological polar surface area (TPSA) is 60.3 Å². The summed E-state index contributed by atoms with van der Waals surface area (Å²) in [5.74, 6) is 0.269. The molecule has 0 fully saturated rings. The number of benzene rings is 2. The molecule has 0 spiro atoms. The molecule has 0 radical (unpaired) electrons. The molecule has 1 heterocycles. The molecule has 5 nitrogen and oxygen atoms in total. The van der Waals surface area contributed by atoms with Gasteiger partial charge in [0.05, 0.1) is 22.9 Å². The Hall–Kier alpha value is -2.60. The van der Waals surface area contributed by atoms with Gasteiger partial charge in [0.1, 0.15) is 5.75 Å². The number of anilines is 1. The zero-order valence-corrected chi connectivity index (χ0v) is 12.9. The van der Waals surface area contributed by atoms with Crippen LogP contribution in [0.5, 0.6) is 5.75 Å². The standard InChI is InChI=1S/C16H14N2O3S/c1-18-12-8-7-10(9-14(12)22-16(18)20)17-15(19)11-5-3-4-6-13(11)21-2/h3-9H,1-2H3,(H,17,19). The average molecular weight is 314 g/mol. The summed E-state index contributed by atoms with van der Waals surface area (Å²) >= 11 is 1.15. The summed E-state index contributed by atoms with van der Waals surface area (Å²) in [6.07, 6.45) is 0. The summed E-state index contributed by atoms with van der Waals surface area (Å²) in [4.78, 5) is 24.0. The molecule has 1 N–H and O–H groups in total. The largest absolute Gasteiger partial charge is 0.496 e. The highest BCUT2D eigenvalue weighted by Gasteiger charge is 2.12. The molecule has 112 valence electrons. The Morgan fingerprint density at radius 2 is 2.00 bits per heavy atom. The van der Waals surface area contributed by atoms with Crippen molar-refractivity contribution in [3.05, 3.63) is 57.7 Å². The minimum atomic E-state index is -0.250. The molecule has 1 amide bonds. The summed E-state index contributed by atoms with van der Waals surface area (Å²) in [6.45, 7) is 0. The quantitative estimate of drug-likeness (QED) is 0.808. The number of nitrogens with zero attached hydrogens (tertiary/aromatic N) is 1. The van der Waals surface area contributed by atoms with Gasteiger partial charge in [-0.25, -0.2) is 0 Å². The lowest BCUT2D eigenvalue weighted by Crippen LogP contribution is -2.13. The Morgan fingerprint density at radius 1 is 1.23 bits per heavy atom. The number of aryl methyl sites for hydroxylation is 1. The van der Waals surface area contributed by atoms with E-state index < -0.39 is 0 Å². The maximum absolute atomic E-state index is 12.3. The molecule has 3 aromatic rings. The second-order valence-electron chi connectivity index (χ2n) is 4.76. The molecule has 0 atom stereocenters. The lowest BCUT2D eigenvalue weighted by molar-refractivity contribution is 0.102. The van der Waals surface area contributed by atoms with E-state index in [1.165, 1.54) is 7.11 Å². The summed E-state index contributed by atoms with van der Waals surface area (Å²) < 4.78 is 7.62. The summed E-state index contributed by atoms with van der Waals surface area (Å²) in [7, 11) is 3.26. The van der Waals surface area contributed by atoms with Crippen LogP contribution in [-0.2, 0) is 7.05 Å². The van der Waals surface area contributed by atoms with Gasteiger partial charge >= 0.3 is 4.87 Å². The van der Waals surface area contributed by atoms with Crippen LogP contribution in [0.2, 0.25) is 0 Å². The molecule has 0 aliphatic rings. The number of ether oxygens (including phenoxy) is 1. The lowest BCUT2D eigenvalue weighted by atomic mass is 10.2. The van der Waals surface area contributed by atoms with Crippen molar-refractivity contribution in [2.75, 3.05) is 12.4 Å². The minimum Gasteiger partial charge on any atom is -0.496 e. The lowest BCUT2D eigenvalue weighted by Gasteiger charge is -2.09. The van der Waals surface area contributed by atoms with Gasteiger partial charge in [-0.2, -0.15) is 0 Å². The highest BCUT2D eigenvalue weighted by atomic mass is 32.1. The van der Waals surface area contributed by atoms with Crippen LogP contribution in [0.4, 0.5) is 5.69 Å². The fraction of sp³-hybridized carbons (Fsp3) is 0.125. The monoisotopic (exact) mass is 314 g/mol. The first kappa shape index (κ1) is 14.3. The molecule has 0 unspecified atom stereocenters. The van der Waals surface area contributed by atoms with Crippen molar-refractivity contribution in [2.45, 2.75) is 0 Å². The predicted octanol–water partition coefficient (Wildman–Crippen LogP) is 2.86. The maximum Gasteiger partial charge on any atom is 0.307 e. The molecular weight excluding hydrogens is 300 g/mol. The van der Waals surface area contributed by atoms with Crippen LogP contribution in [0.15, 0.2) is 47.3 Å². The van der Waals surface area contributed by atoms with Gasteiger partial charge in [-0.05, 0) is 30.3 Å². The van der Waals surface area contributed by atoms with Crippen molar-refractivity contribution in [1.82, 2.24) is 4.57 Å². The van der Waals surface area contributed by atoms with Crippen LogP contribution in [0.1, 0.15) is 10.4 Å². The van der Waals surface area contributed by atoms with Gasteiger partial charge in [0.2, 0.25) is 0 Å². The molecule has 6 heteroatoms. The van der Waals surface area contributed by atoms with Crippen LogP contribution < -0.4 is 14.9 Å². The van der Waals surface area contributed by atoms with Crippen LogP contribution in [0.3, 0.4) is 0 Å². The highest BCUT2D eigenvalue weighted by Crippen LogP contribution is 2.23. The third kappa shape index (κ3) is 2.48. The van der Waals surface area contributed by atoms with Crippen LogP contribution in [0.25, 0.3) is 10.2 Å². The van der Waals surface area contributed by atoms with Crippen molar-refractivity contribution in [1.29, 1.82) is 0 Å². The summed E-state index contributed by atoms with van der Waals surface area (Å²) in [5, 5.41) is 2.83. The molecule has 0 aliphatic carbocycles. The van der Waals surface area contributed by atoms with Gasteiger partial charge in [-0.1, -0.05) is 23.5 Å². The van der Waals surface area contributed by atoms with E-state index in [-0.39, 0.29) is 10.8 Å². The van der Waals surface area contributed by atoms with Crippen molar-refractivity contribution < 1.29 is 9.53 Å². The number of para-hydroxylation sites is 1. The van der Waals surface area contributed by atoms with Crippen LogP contribution in [-0.4, -0.2) is 17.6 Å². The van der Waals surface area contributed by atoms with Crippen molar-refractivity contribution >= 4 is 33.1 Å². The fourth-order valence-corrected chi connectivity index (χ4v) is 3.16. The Morgan fingerprint density at radius 3 is 2.77 bits per heavy atom. The highest BCUT2D eigenvalue weighted by molar-refractivity contribution is 7.16. The second kappa shape index (κ2) is 5.65. The first-order valence-corrected chi connectivity index (χ1v) is 7.46. The molecule has 1 aromatic heterocycles. The van der Waals surface area contributed by atoms with Crippen molar-refractivity contribution in [2.24, 2.45) is 7.05 Å². The molecule has 2 aromatic carbocycles. The number of carbonyl (C=O) groups is 1. The third-order valence-electron chi connectivity index (χ3n) is 3.40. The SMILES string of the molecule is COc1ccccc1C(=O)Nc1ccc2c(c1)sc(=O)n2C. The smallest absolute Gasteiger partial charge is 0.307 e. The number of fused-ring (bicyclic) bond motifs is 1. The molecule has 0 bridgehead atoms. The van der Waals surface area contributed by atoms with E-state index in [1.54, 1.807) is 41.9 Å². The molecule has 22 heavy (non-hydrogen) atoms. The number of aromatic nitrogens is 1. The van der Waals surface area contributed by atoms with Crippen LogP contribution in [0, 0.1) is 0 Å². The van der Waals surface area contributed by atoms with E-state index in [9.17, 15) is 9.59 Å². The number of nitrogens with one attached hydrogen (secondary N) is 1. The minimum absolute atomic E-state index is 0.0248. The number of hydrogen-bond donors (Lipinski definition) is 1.